The molecule has 0 bridgehead atoms. The van der Waals surface area contributed by atoms with E-state index in [1.807, 2.05) is 13.8 Å². The van der Waals surface area contributed by atoms with Crippen molar-refractivity contribution in [3.05, 3.63) is 69.3 Å². The van der Waals surface area contributed by atoms with Gasteiger partial charge in [-0.2, -0.15) is 0 Å². The van der Waals surface area contributed by atoms with Gasteiger partial charge in [0.15, 0.2) is 16.9 Å². The van der Waals surface area contributed by atoms with Crippen molar-refractivity contribution < 1.29 is 28.2 Å². The smallest absolute Gasteiger partial charge is 0.290 e. The van der Waals surface area contributed by atoms with Crippen molar-refractivity contribution in [3.63, 3.8) is 0 Å². The monoisotopic (exact) mass is 455 g/mol. The van der Waals surface area contributed by atoms with Crippen LogP contribution in [0.4, 0.5) is 4.39 Å². The summed E-state index contributed by atoms with van der Waals surface area (Å²) in [5.74, 6) is -0.847. The van der Waals surface area contributed by atoms with Gasteiger partial charge < -0.3 is 23.9 Å². The van der Waals surface area contributed by atoms with Gasteiger partial charge in [-0.05, 0) is 63.1 Å². The van der Waals surface area contributed by atoms with Crippen LogP contribution in [0.25, 0.3) is 11.0 Å². The van der Waals surface area contributed by atoms with Crippen LogP contribution in [0.5, 0.6) is 11.5 Å². The Balaban J connectivity index is 1.84. The molecule has 7 nitrogen and oxygen atoms in total. The molecule has 33 heavy (non-hydrogen) atoms. The second-order valence-corrected chi connectivity index (χ2v) is 8.15. The summed E-state index contributed by atoms with van der Waals surface area (Å²) in [6.45, 7) is 6.74. The van der Waals surface area contributed by atoms with Crippen LogP contribution in [-0.2, 0) is 4.74 Å². The van der Waals surface area contributed by atoms with Crippen LogP contribution in [0.1, 0.15) is 54.9 Å². The first-order valence-electron chi connectivity index (χ1n) is 11.0. The van der Waals surface area contributed by atoms with E-state index in [-0.39, 0.29) is 39.9 Å². The first-order valence-corrected chi connectivity index (χ1v) is 11.0. The average molecular weight is 455 g/mol. The number of rotatable bonds is 8. The van der Waals surface area contributed by atoms with E-state index >= 15 is 0 Å². The normalized spacial score (nSPS) is 15.5. The molecule has 0 aliphatic carbocycles. The first-order chi connectivity index (χ1) is 15.8. The fraction of sp³-hybridized carbons (Fsp3) is 0.360. The van der Waals surface area contributed by atoms with E-state index in [0.717, 1.165) is 6.07 Å². The maximum atomic E-state index is 13.9. The zero-order valence-electron chi connectivity index (χ0n) is 18.8. The molecular formula is C25H26FNO6. The summed E-state index contributed by atoms with van der Waals surface area (Å²) in [5, 5.41) is 10.2. The number of amides is 1. The largest absolute Gasteiger partial charge is 0.504 e. The van der Waals surface area contributed by atoms with Crippen LogP contribution in [0, 0.1) is 5.82 Å². The highest BCUT2D eigenvalue weighted by Gasteiger charge is 2.42. The van der Waals surface area contributed by atoms with Gasteiger partial charge in [0, 0.05) is 13.2 Å². The van der Waals surface area contributed by atoms with Crippen molar-refractivity contribution in [1.82, 2.24) is 4.90 Å². The van der Waals surface area contributed by atoms with E-state index in [1.54, 1.807) is 24.0 Å². The van der Waals surface area contributed by atoms with Crippen LogP contribution in [-0.4, -0.2) is 41.8 Å². The molecule has 1 atom stereocenters. The number of phenols is 1. The van der Waals surface area contributed by atoms with Gasteiger partial charge in [0.2, 0.25) is 5.76 Å². The third-order valence-corrected chi connectivity index (χ3v) is 5.52. The Hall–Kier alpha value is -3.39. The number of halogens is 1. The van der Waals surface area contributed by atoms with Gasteiger partial charge >= 0.3 is 0 Å². The first kappa shape index (κ1) is 22.8. The van der Waals surface area contributed by atoms with E-state index in [1.165, 1.54) is 18.2 Å². The van der Waals surface area contributed by atoms with Gasteiger partial charge in [-0.15, -0.1) is 0 Å². The number of benzene rings is 2. The Bertz CT molecular complexity index is 1250. The predicted molar refractivity (Wildman–Crippen MR) is 120 cm³/mol. The minimum Gasteiger partial charge on any atom is -0.504 e. The maximum absolute atomic E-state index is 13.9. The topological polar surface area (TPSA) is 89.2 Å². The molecule has 1 aromatic heterocycles. The molecule has 0 radical (unpaired) electrons. The lowest BCUT2D eigenvalue weighted by Crippen LogP contribution is -2.31. The third-order valence-electron chi connectivity index (χ3n) is 5.52. The number of nitrogens with zero attached hydrogens (tertiary/aromatic N) is 1. The Kier molecular flexibility index (Phi) is 6.37. The van der Waals surface area contributed by atoms with Crippen molar-refractivity contribution in [2.24, 2.45) is 0 Å². The summed E-state index contributed by atoms with van der Waals surface area (Å²) in [6.07, 6.45) is 0.606. The lowest BCUT2D eigenvalue weighted by Gasteiger charge is -2.25. The Morgan fingerprint density at radius 1 is 1.18 bits per heavy atom. The number of fused-ring (bicyclic) bond motifs is 2. The quantitative estimate of drug-likeness (QED) is 0.507. The number of hydrogen-bond donors (Lipinski definition) is 1. The van der Waals surface area contributed by atoms with E-state index in [2.05, 4.69) is 0 Å². The Morgan fingerprint density at radius 2 is 1.97 bits per heavy atom. The van der Waals surface area contributed by atoms with E-state index < -0.39 is 23.2 Å². The summed E-state index contributed by atoms with van der Waals surface area (Å²) in [7, 11) is 0. The zero-order chi connectivity index (χ0) is 23.7. The maximum Gasteiger partial charge on any atom is 0.290 e. The second-order valence-electron chi connectivity index (χ2n) is 8.15. The molecule has 0 saturated heterocycles. The second kappa shape index (κ2) is 9.23. The highest BCUT2D eigenvalue weighted by Crippen LogP contribution is 2.40. The van der Waals surface area contributed by atoms with Crippen molar-refractivity contribution in [1.29, 1.82) is 0 Å². The SMILES string of the molecule is CCOc1cc(C2c3c(oc4ccc(F)cc4c3=O)C(=O)N2CCCOC(C)C)ccc1O. The summed E-state index contributed by atoms with van der Waals surface area (Å²) in [5.41, 5.74) is 0.418. The molecule has 2 aromatic carbocycles. The van der Waals surface area contributed by atoms with Crippen molar-refractivity contribution >= 4 is 16.9 Å². The molecule has 174 valence electrons. The van der Waals surface area contributed by atoms with E-state index in [9.17, 15) is 19.1 Å². The summed E-state index contributed by atoms with van der Waals surface area (Å²) >= 11 is 0. The molecular weight excluding hydrogens is 429 g/mol. The van der Waals surface area contributed by atoms with Crippen molar-refractivity contribution in [3.8, 4) is 11.5 Å². The molecule has 0 fully saturated rings. The number of ether oxygens (including phenoxy) is 2. The molecule has 1 N–H and O–H groups in total. The van der Waals surface area contributed by atoms with E-state index in [0.29, 0.717) is 31.7 Å². The molecule has 4 rings (SSSR count). The molecule has 0 spiro atoms. The number of carbonyl (C=O) groups excluding carboxylic acids is 1. The van der Waals surface area contributed by atoms with Gasteiger partial charge in [0.1, 0.15) is 11.4 Å². The van der Waals surface area contributed by atoms with Gasteiger partial charge in [-0.25, -0.2) is 4.39 Å². The summed E-state index contributed by atoms with van der Waals surface area (Å²) < 4.78 is 30.8. The summed E-state index contributed by atoms with van der Waals surface area (Å²) in [4.78, 5) is 28.3. The lowest BCUT2D eigenvalue weighted by molar-refractivity contribution is 0.0593. The minimum atomic E-state index is -0.768. The molecule has 2 heterocycles. The Labute approximate surface area is 190 Å². The van der Waals surface area contributed by atoms with Gasteiger partial charge in [-0.1, -0.05) is 6.07 Å². The molecule has 1 amide bonds. The third kappa shape index (κ3) is 4.30. The molecule has 8 heteroatoms. The number of carbonyl (C=O) groups is 1. The fourth-order valence-corrected chi connectivity index (χ4v) is 4.10. The van der Waals surface area contributed by atoms with Crippen molar-refractivity contribution in [2.45, 2.75) is 39.3 Å². The number of phenolic OH excluding ortho intramolecular Hbond substituents is 1. The standard InChI is InChI=1S/C25H26FNO6/c1-4-31-20-12-15(6-8-18(20)28)22-21-23(29)17-13-16(26)7-9-19(17)33-24(21)25(30)27(22)10-5-11-32-14(2)3/h6-9,12-14,22,28H,4-5,10-11H2,1-3H3. The van der Waals surface area contributed by atoms with Crippen LogP contribution in [0.15, 0.2) is 45.6 Å². The van der Waals surface area contributed by atoms with Crippen LogP contribution in [0.2, 0.25) is 0 Å². The Morgan fingerprint density at radius 3 is 2.70 bits per heavy atom. The summed E-state index contributed by atoms with van der Waals surface area (Å²) in [6, 6.07) is 7.59. The predicted octanol–water partition coefficient (Wildman–Crippen LogP) is 4.40. The molecule has 1 aliphatic heterocycles. The minimum absolute atomic E-state index is 0.0466. The fourth-order valence-electron chi connectivity index (χ4n) is 4.10. The van der Waals surface area contributed by atoms with Gasteiger partial charge in [0.05, 0.1) is 29.7 Å². The van der Waals surface area contributed by atoms with Crippen LogP contribution < -0.4 is 10.2 Å². The van der Waals surface area contributed by atoms with Gasteiger partial charge in [-0.3, -0.25) is 9.59 Å². The lowest BCUT2D eigenvalue weighted by atomic mass is 9.98. The van der Waals surface area contributed by atoms with Crippen molar-refractivity contribution in [2.75, 3.05) is 19.8 Å². The molecule has 3 aromatic rings. The van der Waals surface area contributed by atoms with Crippen LogP contribution in [0.3, 0.4) is 0 Å². The van der Waals surface area contributed by atoms with Gasteiger partial charge in [0.25, 0.3) is 5.91 Å². The van der Waals surface area contributed by atoms with Crippen LogP contribution >= 0.6 is 0 Å². The number of hydrogen-bond acceptors (Lipinski definition) is 6. The average Bonchev–Trinajstić information content (AvgIpc) is 3.05. The molecule has 1 aliphatic rings. The molecule has 1 unspecified atom stereocenters. The zero-order valence-corrected chi connectivity index (χ0v) is 18.8. The highest BCUT2D eigenvalue weighted by molar-refractivity contribution is 5.99. The van der Waals surface area contributed by atoms with E-state index in [4.69, 9.17) is 13.9 Å². The number of aromatic hydroxyl groups is 1. The molecule has 0 saturated carbocycles. The highest BCUT2D eigenvalue weighted by atomic mass is 19.1.